The van der Waals surface area contributed by atoms with Gasteiger partial charge in [-0.15, -0.1) is 0 Å². The van der Waals surface area contributed by atoms with Crippen LogP contribution in [-0.2, 0) is 4.79 Å². The Balaban J connectivity index is 2.07. The van der Waals surface area contributed by atoms with Gasteiger partial charge >= 0.3 is 0 Å². The zero-order valence-corrected chi connectivity index (χ0v) is 11.1. The third kappa shape index (κ3) is 7.37. The lowest BCUT2D eigenvalue weighted by molar-refractivity contribution is -0.122. The fourth-order valence-corrected chi connectivity index (χ4v) is 2.53. The second kappa shape index (κ2) is 8.51. The summed E-state index contributed by atoms with van der Waals surface area (Å²) in [4.78, 5) is 11.7. The van der Waals surface area contributed by atoms with Crippen LogP contribution in [0.25, 0.3) is 0 Å². The summed E-state index contributed by atoms with van der Waals surface area (Å²) >= 11 is 0. The summed E-state index contributed by atoms with van der Waals surface area (Å²) < 4.78 is 0. The van der Waals surface area contributed by atoms with Crippen LogP contribution in [0.3, 0.4) is 0 Å². The molecule has 1 rings (SSSR count). The van der Waals surface area contributed by atoms with Gasteiger partial charge in [-0.05, 0) is 38.5 Å². The van der Waals surface area contributed by atoms with Gasteiger partial charge in [-0.3, -0.25) is 4.79 Å². The molecule has 1 amide bonds. The molecule has 17 heavy (non-hydrogen) atoms. The average Bonchev–Trinajstić information content (AvgIpc) is 2.53. The van der Waals surface area contributed by atoms with Crippen molar-refractivity contribution in [2.75, 3.05) is 6.54 Å². The Morgan fingerprint density at radius 1 is 1.29 bits per heavy atom. The van der Waals surface area contributed by atoms with Gasteiger partial charge in [0.05, 0.1) is 6.10 Å². The van der Waals surface area contributed by atoms with E-state index in [9.17, 15) is 4.79 Å². The maximum atomic E-state index is 11.7. The fourth-order valence-electron chi connectivity index (χ4n) is 2.53. The van der Waals surface area contributed by atoms with Crippen LogP contribution in [-0.4, -0.2) is 23.7 Å². The van der Waals surface area contributed by atoms with Crippen LogP contribution < -0.4 is 5.32 Å². The molecule has 2 N–H and O–H groups in total. The molecule has 100 valence electrons. The van der Waals surface area contributed by atoms with Gasteiger partial charge in [0.25, 0.3) is 0 Å². The van der Waals surface area contributed by atoms with Gasteiger partial charge in [-0.25, -0.2) is 0 Å². The summed E-state index contributed by atoms with van der Waals surface area (Å²) in [5.74, 6) is 0.803. The Hall–Kier alpha value is -0.570. The minimum absolute atomic E-state index is 0.197. The zero-order chi connectivity index (χ0) is 12.5. The summed E-state index contributed by atoms with van der Waals surface area (Å²) in [6, 6.07) is 0. The Morgan fingerprint density at radius 3 is 2.53 bits per heavy atom. The van der Waals surface area contributed by atoms with Crippen molar-refractivity contribution in [3.8, 4) is 0 Å². The number of nitrogens with one attached hydrogen (secondary N) is 1. The highest BCUT2D eigenvalue weighted by atomic mass is 16.3. The van der Waals surface area contributed by atoms with E-state index in [4.69, 9.17) is 5.11 Å². The highest BCUT2D eigenvalue weighted by Crippen LogP contribution is 2.25. The van der Waals surface area contributed by atoms with E-state index in [0.717, 1.165) is 12.8 Å². The first-order chi connectivity index (χ1) is 8.18. The van der Waals surface area contributed by atoms with Crippen molar-refractivity contribution in [1.82, 2.24) is 5.32 Å². The van der Waals surface area contributed by atoms with Crippen LogP contribution in [0.1, 0.15) is 64.7 Å². The maximum Gasteiger partial charge on any atom is 0.220 e. The van der Waals surface area contributed by atoms with Gasteiger partial charge < -0.3 is 10.4 Å². The van der Waals surface area contributed by atoms with Gasteiger partial charge in [-0.2, -0.15) is 0 Å². The van der Waals surface area contributed by atoms with E-state index >= 15 is 0 Å². The molecule has 0 heterocycles. The highest BCUT2D eigenvalue weighted by molar-refractivity contribution is 5.76. The Labute approximate surface area is 105 Å². The summed E-state index contributed by atoms with van der Waals surface area (Å²) in [5.41, 5.74) is 0. The van der Waals surface area contributed by atoms with E-state index in [1.807, 2.05) is 0 Å². The van der Waals surface area contributed by atoms with Gasteiger partial charge in [0.2, 0.25) is 5.91 Å². The van der Waals surface area contributed by atoms with Crippen LogP contribution in [0.2, 0.25) is 0 Å². The monoisotopic (exact) mass is 241 g/mol. The first kappa shape index (κ1) is 14.5. The molecule has 0 aliphatic heterocycles. The minimum Gasteiger partial charge on any atom is -0.393 e. The normalized spacial score (nSPS) is 19.6. The molecule has 3 heteroatoms. The summed E-state index contributed by atoms with van der Waals surface area (Å²) in [7, 11) is 0. The molecular weight excluding hydrogens is 214 g/mol. The predicted octanol–water partition coefficient (Wildman–Crippen LogP) is 2.62. The Bertz CT molecular complexity index is 208. The van der Waals surface area contributed by atoms with Crippen molar-refractivity contribution in [1.29, 1.82) is 0 Å². The molecule has 0 bridgehead atoms. The fraction of sp³-hybridized carbons (Fsp3) is 0.929. The number of carbonyl (C=O) groups excluding carboxylic acids is 1. The lowest BCUT2D eigenvalue weighted by Gasteiger charge is -2.13. The molecule has 0 aromatic heterocycles. The van der Waals surface area contributed by atoms with E-state index in [1.54, 1.807) is 6.92 Å². The maximum absolute atomic E-state index is 11.7. The molecular formula is C14H27NO2. The molecule has 3 nitrogen and oxygen atoms in total. The van der Waals surface area contributed by atoms with Gasteiger partial charge in [-0.1, -0.05) is 25.7 Å². The third-order valence-corrected chi connectivity index (χ3v) is 3.57. The van der Waals surface area contributed by atoms with E-state index in [1.165, 1.54) is 38.5 Å². The average molecular weight is 241 g/mol. The van der Waals surface area contributed by atoms with Crippen molar-refractivity contribution < 1.29 is 9.90 Å². The van der Waals surface area contributed by atoms with Crippen LogP contribution in [0, 0.1) is 5.92 Å². The number of carbonyl (C=O) groups is 1. The van der Waals surface area contributed by atoms with E-state index in [0.29, 0.717) is 18.9 Å². The third-order valence-electron chi connectivity index (χ3n) is 3.57. The van der Waals surface area contributed by atoms with E-state index < -0.39 is 0 Å². The molecule has 1 aliphatic carbocycles. The number of rotatable bonds is 6. The SMILES string of the molecule is CC(O)CCCNC(=O)CC1CCCCCC1. The quantitative estimate of drug-likeness (QED) is 0.555. The molecule has 0 radical (unpaired) electrons. The Morgan fingerprint density at radius 2 is 1.94 bits per heavy atom. The molecule has 1 aliphatic rings. The molecule has 1 saturated carbocycles. The number of aliphatic hydroxyl groups excluding tert-OH is 1. The van der Waals surface area contributed by atoms with Crippen LogP contribution >= 0.6 is 0 Å². The smallest absolute Gasteiger partial charge is 0.220 e. The second-order valence-electron chi connectivity index (χ2n) is 5.40. The van der Waals surface area contributed by atoms with Crippen LogP contribution in [0.4, 0.5) is 0 Å². The highest BCUT2D eigenvalue weighted by Gasteiger charge is 2.15. The summed E-state index contributed by atoms with van der Waals surface area (Å²) in [6.45, 7) is 2.49. The number of hydrogen-bond acceptors (Lipinski definition) is 2. The molecule has 0 aromatic carbocycles. The summed E-state index contributed by atoms with van der Waals surface area (Å²) in [6.07, 6.45) is 9.79. The molecule has 0 saturated heterocycles. The van der Waals surface area contributed by atoms with E-state index in [2.05, 4.69) is 5.32 Å². The molecule has 1 unspecified atom stereocenters. The second-order valence-corrected chi connectivity index (χ2v) is 5.40. The molecule has 1 atom stereocenters. The number of aliphatic hydroxyl groups is 1. The van der Waals surface area contributed by atoms with Gasteiger partial charge in [0.1, 0.15) is 0 Å². The van der Waals surface area contributed by atoms with Gasteiger partial charge in [0.15, 0.2) is 0 Å². The van der Waals surface area contributed by atoms with Crippen molar-refractivity contribution >= 4 is 5.91 Å². The Kier molecular flexibility index (Phi) is 7.25. The number of hydrogen-bond donors (Lipinski definition) is 2. The lowest BCUT2D eigenvalue weighted by atomic mass is 9.96. The van der Waals surface area contributed by atoms with Crippen molar-refractivity contribution in [3.05, 3.63) is 0 Å². The predicted molar refractivity (Wildman–Crippen MR) is 69.7 cm³/mol. The largest absolute Gasteiger partial charge is 0.393 e. The standard InChI is InChI=1S/C14H27NO2/c1-12(16)7-6-10-15-14(17)11-13-8-4-2-3-5-9-13/h12-13,16H,2-11H2,1H3,(H,15,17). The molecule has 0 aromatic rings. The van der Waals surface area contributed by atoms with Crippen LogP contribution in [0.15, 0.2) is 0 Å². The van der Waals surface area contributed by atoms with Gasteiger partial charge in [0, 0.05) is 13.0 Å². The van der Waals surface area contributed by atoms with Crippen molar-refractivity contribution in [2.24, 2.45) is 5.92 Å². The number of amides is 1. The topological polar surface area (TPSA) is 49.3 Å². The van der Waals surface area contributed by atoms with Crippen LogP contribution in [0.5, 0.6) is 0 Å². The first-order valence-electron chi connectivity index (χ1n) is 7.13. The molecule has 1 fully saturated rings. The minimum atomic E-state index is -0.256. The van der Waals surface area contributed by atoms with Crippen molar-refractivity contribution in [2.45, 2.75) is 70.8 Å². The molecule has 0 spiro atoms. The van der Waals surface area contributed by atoms with Crippen molar-refractivity contribution in [3.63, 3.8) is 0 Å². The van der Waals surface area contributed by atoms with E-state index in [-0.39, 0.29) is 12.0 Å². The summed E-state index contributed by atoms with van der Waals surface area (Å²) in [5, 5.41) is 12.1. The first-order valence-corrected chi connectivity index (χ1v) is 7.13. The lowest BCUT2D eigenvalue weighted by Crippen LogP contribution is -2.27. The zero-order valence-electron chi connectivity index (χ0n) is 11.1.